The number of fused-ring (bicyclic) bond motifs is 1. The van der Waals surface area contributed by atoms with Crippen LogP contribution in [0.1, 0.15) is 25.1 Å². The van der Waals surface area contributed by atoms with Gasteiger partial charge in [0.25, 0.3) is 0 Å². The Morgan fingerprint density at radius 2 is 1.66 bits per heavy atom. The van der Waals surface area contributed by atoms with Gasteiger partial charge in [0.1, 0.15) is 23.7 Å². The molecule has 2 N–H and O–H groups in total. The molecule has 0 radical (unpaired) electrons. The third-order valence-corrected chi connectivity index (χ3v) is 5.02. The molecule has 0 unspecified atom stereocenters. The van der Waals surface area contributed by atoms with Crippen LogP contribution in [-0.2, 0) is 5.60 Å². The third kappa shape index (κ3) is 3.89. The van der Waals surface area contributed by atoms with Crippen LogP contribution in [0.3, 0.4) is 0 Å². The molecule has 9 heteroatoms. The van der Waals surface area contributed by atoms with Crippen molar-refractivity contribution in [1.82, 2.24) is 24.7 Å². The van der Waals surface area contributed by atoms with Crippen molar-refractivity contribution in [3.05, 3.63) is 64.3 Å². The largest absolute Gasteiger partial charge is 0.386 e. The van der Waals surface area contributed by atoms with E-state index < -0.39 is 5.60 Å². The number of benzene rings is 1. The fourth-order valence-electron chi connectivity index (χ4n) is 2.94. The van der Waals surface area contributed by atoms with Gasteiger partial charge >= 0.3 is 0 Å². The first-order valence-electron chi connectivity index (χ1n) is 8.84. The molecule has 7 nitrogen and oxygen atoms in total. The molecule has 0 fully saturated rings. The summed E-state index contributed by atoms with van der Waals surface area (Å²) in [7, 11) is 0. The second kappa shape index (κ2) is 7.26. The second-order valence-corrected chi connectivity index (χ2v) is 8.02. The zero-order chi connectivity index (χ0) is 20.8. The highest BCUT2D eigenvalue weighted by Crippen LogP contribution is 2.35. The predicted molar refractivity (Wildman–Crippen MR) is 114 cm³/mol. The molecule has 1 aromatic carbocycles. The van der Waals surface area contributed by atoms with E-state index in [9.17, 15) is 5.11 Å². The van der Waals surface area contributed by atoms with E-state index in [-0.39, 0.29) is 0 Å². The second-order valence-electron chi connectivity index (χ2n) is 7.20. The van der Waals surface area contributed by atoms with Gasteiger partial charge in [-0.1, -0.05) is 23.2 Å². The molecule has 148 valence electrons. The van der Waals surface area contributed by atoms with Gasteiger partial charge in [-0.2, -0.15) is 5.10 Å². The van der Waals surface area contributed by atoms with Crippen LogP contribution in [0.25, 0.3) is 16.6 Å². The maximum atomic E-state index is 10.3. The highest BCUT2D eigenvalue weighted by molar-refractivity contribution is 6.38. The van der Waals surface area contributed by atoms with Crippen molar-refractivity contribution in [2.75, 3.05) is 5.32 Å². The van der Waals surface area contributed by atoms with Crippen molar-refractivity contribution in [2.45, 2.75) is 26.4 Å². The van der Waals surface area contributed by atoms with Crippen LogP contribution in [0.2, 0.25) is 10.0 Å². The Kier molecular flexibility index (Phi) is 4.90. The summed E-state index contributed by atoms with van der Waals surface area (Å²) in [4.78, 5) is 12.7. The maximum Gasteiger partial charge on any atom is 0.135 e. The van der Waals surface area contributed by atoms with Gasteiger partial charge < -0.3 is 10.4 Å². The first kappa shape index (κ1) is 19.6. The van der Waals surface area contributed by atoms with Crippen LogP contribution in [-0.4, -0.2) is 29.8 Å². The number of pyridine rings is 1. The third-order valence-electron chi connectivity index (χ3n) is 4.45. The molecule has 0 saturated heterocycles. The number of hydrogen-bond donors (Lipinski definition) is 2. The molecular weight excluding hydrogens is 411 g/mol. The lowest BCUT2D eigenvalue weighted by atomic mass is 9.98. The smallest absolute Gasteiger partial charge is 0.135 e. The van der Waals surface area contributed by atoms with Gasteiger partial charge in [0, 0.05) is 29.4 Å². The number of aliphatic hydroxyl groups is 1. The highest BCUT2D eigenvalue weighted by atomic mass is 35.5. The van der Waals surface area contributed by atoms with Crippen molar-refractivity contribution in [2.24, 2.45) is 0 Å². The number of aromatic nitrogens is 5. The molecule has 0 aliphatic rings. The summed E-state index contributed by atoms with van der Waals surface area (Å²) in [6.45, 7) is 5.24. The summed E-state index contributed by atoms with van der Waals surface area (Å²) in [5.74, 6) is 1.23. The Morgan fingerprint density at radius 3 is 2.31 bits per heavy atom. The van der Waals surface area contributed by atoms with Crippen molar-refractivity contribution in [3.8, 4) is 5.69 Å². The zero-order valence-electron chi connectivity index (χ0n) is 16.0. The molecule has 0 aliphatic heterocycles. The minimum atomic E-state index is -1.06. The van der Waals surface area contributed by atoms with Gasteiger partial charge in [-0.25, -0.2) is 19.6 Å². The van der Waals surface area contributed by atoms with E-state index in [4.69, 9.17) is 23.2 Å². The average molecular weight is 429 g/mol. The summed E-state index contributed by atoms with van der Waals surface area (Å²) in [5.41, 5.74) is 1.71. The van der Waals surface area contributed by atoms with Gasteiger partial charge in [-0.05, 0) is 38.5 Å². The Morgan fingerprint density at radius 1 is 0.966 bits per heavy atom. The number of nitrogens with zero attached hydrogens (tertiary/aromatic N) is 5. The minimum absolute atomic E-state index is 0.386. The molecule has 0 amide bonds. The number of halogens is 2. The molecule has 0 aliphatic carbocycles. The lowest BCUT2D eigenvalue weighted by molar-refractivity contribution is 0.0786. The first-order chi connectivity index (χ1) is 13.7. The Labute approximate surface area is 177 Å². The normalized spacial score (nSPS) is 11.8. The fraction of sp³-hybridized carbons (Fsp3) is 0.200. The Balaban J connectivity index is 1.79. The summed E-state index contributed by atoms with van der Waals surface area (Å²) < 4.78 is 1.66. The molecule has 0 bridgehead atoms. The van der Waals surface area contributed by atoms with Gasteiger partial charge in [0.05, 0.1) is 27.4 Å². The molecule has 0 spiro atoms. The monoisotopic (exact) mass is 428 g/mol. The molecular formula is C20H18Cl2N6O. The number of aryl methyl sites for hydroxylation is 1. The topological polar surface area (TPSA) is 88.8 Å². The van der Waals surface area contributed by atoms with Gasteiger partial charge in [-0.3, -0.25) is 0 Å². The Hall–Kier alpha value is -2.74. The lowest BCUT2D eigenvalue weighted by Gasteiger charge is -2.20. The van der Waals surface area contributed by atoms with Crippen molar-refractivity contribution in [3.63, 3.8) is 0 Å². The molecule has 3 heterocycles. The van der Waals surface area contributed by atoms with Crippen LogP contribution in [0.15, 0.2) is 43.0 Å². The predicted octanol–water partition coefficient (Wildman–Crippen LogP) is 4.80. The summed E-state index contributed by atoms with van der Waals surface area (Å²) in [6, 6.07) is 7.06. The Bertz CT molecular complexity index is 1190. The molecule has 0 atom stereocenters. The van der Waals surface area contributed by atoms with E-state index in [2.05, 4.69) is 25.4 Å². The van der Waals surface area contributed by atoms with Crippen molar-refractivity contribution >= 4 is 45.7 Å². The quantitative estimate of drug-likeness (QED) is 0.485. The minimum Gasteiger partial charge on any atom is -0.386 e. The van der Waals surface area contributed by atoms with E-state index in [0.717, 1.165) is 16.6 Å². The van der Waals surface area contributed by atoms with E-state index in [0.29, 0.717) is 32.9 Å². The maximum absolute atomic E-state index is 10.3. The average Bonchev–Trinajstić information content (AvgIpc) is 3.03. The summed E-state index contributed by atoms with van der Waals surface area (Å²) in [5, 5.41) is 19.5. The van der Waals surface area contributed by atoms with Crippen LogP contribution in [0.5, 0.6) is 0 Å². The van der Waals surface area contributed by atoms with Crippen molar-refractivity contribution < 1.29 is 5.11 Å². The van der Waals surface area contributed by atoms with Crippen LogP contribution in [0.4, 0.5) is 11.6 Å². The summed E-state index contributed by atoms with van der Waals surface area (Å²) >= 11 is 13.0. The van der Waals surface area contributed by atoms with Gasteiger partial charge in [-0.15, -0.1) is 0 Å². The molecule has 29 heavy (non-hydrogen) atoms. The fourth-order valence-corrected chi connectivity index (χ4v) is 3.59. The standard InChI is InChI=1S/C20H18Cl2N6O/c1-11-4-17(25-10-24-11)27-18-7-16-12(8-23-18)9-26-28(16)19-14(21)5-13(6-15(19)22)20(2,3)29/h4-10,29H,1-3H3,(H,23,24,25,27). The van der Waals surface area contributed by atoms with Crippen LogP contribution in [0, 0.1) is 6.92 Å². The first-order valence-corrected chi connectivity index (χ1v) is 9.60. The number of rotatable bonds is 4. The van der Waals surface area contributed by atoms with E-state index in [1.165, 1.54) is 6.33 Å². The van der Waals surface area contributed by atoms with E-state index in [1.807, 2.05) is 19.1 Å². The van der Waals surface area contributed by atoms with Gasteiger partial charge in [0.15, 0.2) is 0 Å². The van der Waals surface area contributed by atoms with Gasteiger partial charge in [0.2, 0.25) is 0 Å². The molecule has 0 saturated carbocycles. The van der Waals surface area contributed by atoms with Crippen molar-refractivity contribution in [1.29, 1.82) is 0 Å². The number of nitrogens with one attached hydrogen (secondary N) is 1. The number of hydrogen-bond acceptors (Lipinski definition) is 6. The zero-order valence-corrected chi connectivity index (χ0v) is 17.5. The van der Waals surface area contributed by atoms with E-state index in [1.54, 1.807) is 43.1 Å². The van der Waals surface area contributed by atoms with Crippen LogP contribution < -0.4 is 5.32 Å². The molecule has 4 rings (SSSR count). The molecule has 4 aromatic rings. The SMILES string of the molecule is Cc1cc(Nc2cc3c(cn2)cnn3-c2c(Cl)cc(C(C)(C)O)cc2Cl)ncn1. The number of anilines is 2. The van der Waals surface area contributed by atoms with Crippen LogP contribution >= 0.6 is 23.2 Å². The highest BCUT2D eigenvalue weighted by Gasteiger charge is 2.21. The summed E-state index contributed by atoms with van der Waals surface area (Å²) in [6.07, 6.45) is 4.89. The molecule has 3 aromatic heterocycles. The lowest BCUT2D eigenvalue weighted by Crippen LogP contribution is -2.16. The van der Waals surface area contributed by atoms with E-state index >= 15 is 0 Å².